The third-order valence-electron chi connectivity index (χ3n) is 5.32. The van der Waals surface area contributed by atoms with Gasteiger partial charge in [0.1, 0.15) is 0 Å². The van der Waals surface area contributed by atoms with Crippen molar-refractivity contribution in [2.75, 3.05) is 39.8 Å². The quantitative estimate of drug-likeness (QED) is 0.861. The Hall–Kier alpha value is -1.50. The number of carbonyl (C=O) groups excluding carboxylic acids is 1. The maximum absolute atomic E-state index is 12.5. The zero-order chi connectivity index (χ0) is 17.6. The summed E-state index contributed by atoms with van der Waals surface area (Å²) in [5, 5.41) is 9.85. The fourth-order valence-corrected chi connectivity index (χ4v) is 3.95. The molecule has 25 heavy (non-hydrogen) atoms. The smallest absolute Gasteiger partial charge is 0.236 e. The number of aliphatic hydroxyl groups is 1. The summed E-state index contributed by atoms with van der Waals surface area (Å²) >= 11 is 0. The van der Waals surface area contributed by atoms with Crippen LogP contribution >= 0.6 is 0 Å². The summed E-state index contributed by atoms with van der Waals surface area (Å²) < 4.78 is 0. The number of piperidine rings is 2. The Morgan fingerprint density at radius 3 is 2.76 bits per heavy atom. The van der Waals surface area contributed by atoms with E-state index in [1.165, 1.54) is 0 Å². The van der Waals surface area contributed by atoms with E-state index in [0.29, 0.717) is 19.1 Å². The number of carbonyl (C=O) groups is 1. The van der Waals surface area contributed by atoms with Gasteiger partial charge in [-0.25, -0.2) is 0 Å². The molecule has 1 aromatic rings. The first kappa shape index (κ1) is 18.3. The highest BCUT2D eigenvalue weighted by Gasteiger charge is 2.29. The summed E-state index contributed by atoms with van der Waals surface area (Å²) in [4.78, 5) is 23.3. The number of hydrogen-bond donors (Lipinski definition) is 1. The molecular formula is C19H30N4O2. The molecule has 0 radical (unpaired) electrons. The SMILES string of the molecule is CN(CC(=O)N1CCC(N2CCC[C@H](O)C2)CC1)Cc1ccccn1. The second kappa shape index (κ2) is 8.74. The van der Waals surface area contributed by atoms with Gasteiger partial charge in [0, 0.05) is 38.4 Å². The van der Waals surface area contributed by atoms with E-state index >= 15 is 0 Å². The van der Waals surface area contributed by atoms with Crippen LogP contribution in [-0.4, -0.2) is 82.6 Å². The van der Waals surface area contributed by atoms with E-state index < -0.39 is 0 Å². The third-order valence-corrected chi connectivity index (χ3v) is 5.32. The Morgan fingerprint density at radius 2 is 2.08 bits per heavy atom. The van der Waals surface area contributed by atoms with Gasteiger partial charge in [0.15, 0.2) is 0 Å². The van der Waals surface area contributed by atoms with E-state index in [9.17, 15) is 9.90 Å². The molecule has 6 heteroatoms. The predicted molar refractivity (Wildman–Crippen MR) is 97.0 cm³/mol. The molecule has 2 aliphatic rings. The Bertz CT molecular complexity index is 546. The highest BCUT2D eigenvalue weighted by molar-refractivity contribution is 5.78. The van der Waals surface area contributed by atoms with Gasteiger partial charge in [-0.05, 0) is 51.4 Å². The molecule has 3 rings (SSSR count). The van der Waals surface area contributed by atoms with Gasteiger partial charge in [0.2, 0.25) is 5.91 Å². The molecule has 1 aromatic heterocycles. The number of likely N-dealkylation sites (tertiary alicyclic amines) is 2. The van der Waals surface area contributed by atoms with Crippen LogP contribution in [0.2, 0.25) is 0 Å². The summed E-state index contributed by atoms with van der Waals surface area (Å²) in [6.45, 7) is 4.66. The van der Waals surface area contributed by atoms with Gasteiger partial charge >= 0.3 is 0 Å². The fourth-order valence-electron chi connectivity index (χ4n) is 3.95. The summed E-state index contributed by atoms with van der Waals surface area (Å²) in [5.41, 5.74) is 0.986. The molecule has 0 spiro atoms. The van der Waals surface area contributed by atoms with Gasteiger partial charge in [-0.3, -0.25) is 19.6 Å². The van der Waals surface area contributed by atoms with Crippen molar-refractivity contribution in [3.8, 4) is 0 Å². The lowest BCUT2D eigenvalue weighted by molar-refractivity contribution is -0.134. The third kappa shape index (κ3) is 5.23. The molecule has 0 saturated carbocycles. The summed E-state index contributed by atoms with van der Waals surface area (Å²) in [5.74, 6) is 0.204. The molecule has 1 atom stereocenters. The van der Waals surface area contributed by atoms with Crippen LogP contribution in [0.4, 0.5) is 0 Å². The molecule has 0 aliphatic carbocycles. The van der Waals surface area contributed by atoms with Crippen molar-refractivity contribution in [3.05, 3.63) is 30.1 Å². The molecule has 2 aliphatic heterocycles. The van der Waals surface area contributed by atoms with Gasteiger partial charge in [0.25, 0.3) is 0 Å². The molecule has 3 heterocycles. The van der Waals surface area contributed by atoms with Crippen LogP contribution in [0, 0.1) is 0 Å². The van der Waals surface area contributed by atoms with Crippen LogP contribution in [0.5, 0.6) is 0 Å². The minimum absolute atomic E-state index is 0.173. The fraction of sp³-hybridized carbons (Fsp3) is 0.684. The average Bonchev–Trinajstić information content (AvgIpc) is 2.62. The highest BCUT2D eigenvalue weighted by Crippen LogP contribution is 2.21. The number of pyridine rings is 1. The number of β-amino-alcohol motifs (C(OH)–C–C–N with tert-alkyl or cyclic N) is 1. The zero-order valence-electron chi connectivity index (χ0n) is 15.2. The molecular weight excluding hydrogens is 316 g/mol. The first-order valence-corrected chi connectivity index (χ1v) is 9.40. The van der Waals surface area contributed by atoms with Crippen molar-refractivity contribution in [2.24, 2.45) is 0 Å². The van der Waals surface area contributed by atoms with Crippen LogP contribution < -0.4 is 0 Å². The van der Waals surface area contributed by atoms with Crippen LogP contribution in [-0.2, 0) is 11.3 Å². The van der Waals surface area contributed by atoms with Gasteiger partial charge in [-0.15, -0.1) is 0 Å². The lowest BCUT2D eigenvalue weighted by Crippen LogP contribution is -2.51. The van der Waals surface area contributed by atoms with Crippen LogP contribution in [0.1, 0.15) is 31.4 Å². The van der Waals surface area contributed by atoms with Crippen LogP contribution in [0.25, 0.3) is 0 Å². The van der Waals surface area contributed by atoms with Crippen LogP contribution in [0.15, 0.2) is 24.4 Å². The molecule has 1 N–H and O–H groups in total. The molecule has 0 aromatic carbocycles. The van der Waals surface area contributed by atoms with Crippen molar-refractivity contribution < 1.29 is 9.90 Å². The number of nitrogens with zero attached hydrogens (tertiary/aromatic N) is 4. The van der Waals surface area contributed by atoms with Crippen molar-refractivity contribution in [1.29, 1.82) is 0 Å². The van der Waals surface area contributed by atoms with Crippen molar-refractivity contribution in [3.63, 3.8) is 0 Å². The minimum Gasteiger partial charge on any atom is -0.392 e. The molecule has 2 saturated heterocycles. The maximum atomic E-state index is 12.5. The second-order valence-corrected chi connectivity index (χ2v) is 7.40. The number of amides is 1. The summed E-state index contributed by atoms with van der Waals surface area (Å²) in [6, 6.07) is 6.38. The highest BCUT2D eigenvalue weighted by atomic mass is 16.3. The van der Waals surface area contributed by atoms with E-state index in [-0.39, 0.29) is 12.0 Å². The minimum atomic E-state index is -0.173. The summed E-state index contributed by atoms with van der Waals surface area (Å²) in [6.07, 6.45) is 5.65. The molecule has 138 valence electrons. The monoisotopic (exact) mass is 346 g/mol. The van der Waals surface area contributed by atoms with Crippen molar-refractivity contribution in [1.82, 2.24) is 19.7 Å². The van der Waals surface area contributed by atoms with E-state index in [4.69, 9.17) is 0 Å². The van der Waals surface area contributed by atoms with E-state index in [1.807, 2.05) is 35.0 Å². The first-order valence-electron chi connectivity index (χ1n) is 9.40. The van der Waals surface area contributed by atoms with Gasteiger partial charge in [-0.2, -0.15) is 0 Å². The lowest BCUT2D eigenvalue weighted by Gasteiger charge is -2.41. The van der Waals surface area contributed by atoms with Gasteiger partial charge in [0.05, 0.1) is 18.3 Å². The molecule has 1 amide bonds. The Morgan fingerprint density at radius 1 is 1.28 bits per heavy atom. The molecule has 0 unspecified atom stereocenters. The summed E-state index contributed by atoms with van der Waals surface area (Å²) in [7, 11) is 1.97. The van der Waals surface area contributed by atoms with Gasteiger partial charge in [-0.1, -0.05) is 6.07 Å². The number of likely N-dealkylation sites (N-methyl/N-ethyl adjacent to an activating group) is 1. The number of aromatic nitrogens is 1. The Balaban J connectivity index is 1.42. The first-order chi connectivity index (χ1) is 12.1. The average molecular weight is 346 g/mol. The number of hydrogen-bond acceptors (Lipinski definition) is 5. The molecule has 2 fully saturated rings. The number of aliphatic hydroxyl groups excluding tert-OH is 1. The Labute approximate surface area is 150 Å². The zero-order valence-corrected chi connectivity index (χ0v) is 15.2. The van der Waals surface area contributed by atoms with Gasteiger partial charge < -0.3 is 10.0 Å². The van der Waals surface area contributed by atoms with Crippen LogP contribution in [0.3, 0.4) is 0 Å². The predicted octanol–water partition coefficient (Wildman–Crippen LogP) is 0.961. The van der Waals surface area contributed by atoms with E-state index in [1.54, 1.807) is 6.20 Å². The van der Waals surface area contributed by atoms with Crippen molar-refractivity contribution in [2.45, 2.75) is 44.4 Å². The molecule has 6 nitrogen and oxygen atoms in total. The van der Waals surface area contributed by atoms with E-state index in [2.05, 4.69) is 9.88 Å². The molecule has 0 bridgehead atoms. The largest absolute Gasteiger partial charge is 0.392 e. The Kier molecular flexibility index (Phi) is 6.39. The topological polar surface area (TPSA) is 59.9 Å². The number of rotatable bonds is 5. The van der Waals surface area contributed by atoms with E-state index in [0.717, 1.165) is 57.6 Å². The van der Waals surface area contributed by atoms with Crippen molar-refractivity contribution >= 4 is 5.91 Å². The lowest BCUT2D eigenvalue weighted by atomic mass is 9.99. The normalized spacial score (nSPS) is 23.2. The maximum Gasteiger partial charge on any atom is 0.236 e. The standard InChI is InChI=1S/C19H30N4O2/c1-21(13-16-5-2-3-9-20-16)15-19(25)22-11-7-17(8-12-22)23-10-4-6-18(24)14-23/h2-3,5,9,17-18,24H,4,6-8,10-15H2,1H3/t18-/m0/s1. The second-order valence-electron chi connectivity index (χ2n) is 7.40.